The minimum Gasteiger partial charge on any atom is -0.413 e. The van der Waals surface area contributed by atoms with Crippen molar-refractivity contribution in [3.05, 3.63) is 12.8 Å². The van der Waals surface area contributed by atoms with Crippen LogP contribution in [-0.2, 0) is 18.1 Å². The van der Waals surface area contributed by atoms with Gasteiger partial charge in [0.2, 0.25) is 0 Å². The molecule has 1 rings (SSSR count). The number of rotatable bonds is 2. The summed E-state index contributed by atoms with van der Waals surface area (Å²) >= 11 is 0. The summed E-state index contributed by atoms with van der Waals surface area (Å²) in [7, 11) is -3.23. The van der Waals surface area contributed by atoms with Gasteiger partial charge >= 0.3 is 7.82 Å². The molecule has 0 aromatic rings. The molecule has 0 atom stereocenters. The maximum atomic E-state index is 11.1. The van der Waals surface area contributed by atoms with Crippen LogP contribution in [0.3, 0.4) is 0 Å². The summed E-state index contributed by atoms with van der Waals surface area (Å²) in [5.41, 5.74) is 0. The summed E-state index contributed by atoms with van der Waals surface area (Å²) in [6.07, 6.45) is 1.82. The van der Waals surface area contributed by atoms with Gasteiger partial charge in [-0.05, 0) is 6.42 Å². The summed E-state index contributed by atoms with van der Waals surface area (Å²) < 4.78 is 25.1. The van der Waals surface area contributed by atoms with E-state index in [1.54, 1.807) is 0 Å². The Balaban J connectivity index is 2.48. The minimum absolute atomic E-state index is 0.422. The lowest BCUT2D eigenvalue weighted by Crippen LogP contribution is -2.08. The van der Waals surface area contributed by atoms with Crippen molar-refractivity contribution in [3.63, 3.8) is 0 Å². The summed E-state index contributed by atoms with van der Waals surface area (Å²) in [5, 5.41) is 0. The first-order chi connectivity index (χ1) is 4.77. The molecule has 0 N–H and O–H groups in total. The van der Waals surface area contributed by atoms with Crippen LogP contribution in [0.15, 0.2) is 12.8 Å². The molecule has 0 aromatic heterocycles. The van der Waals surface area contributed by atoms with Gasteiger partial charge in [0.1, 0.15) is 0 Å². The fraction of sp³-hybridized carbons (Fsp3) is 0.600. The van der Waals surface area contributed by atoms with E-state index in [4.69, 9.17) is 9.05 Å². The Bertz CT molecular complexity index is 157. The number of phosphoric acid groups is 1. The van der Waals surface area contributed by atoms with Crippen LogP contribution < -0.4 is 0 Å². The monoisotopic (exact) mass is 164 g/mol. The van der Waals surface area contributed by atoms with Gasteiger partial charge in [0, 0.05) is 0 Å². The van der Waals surface area contributed by atoms with Gasteiger partial charge in [0.15, 0.2) is 0 Å². The second-order valence-electron chi connectivity index (χ2n) is 1.74. The molecule has 1 aliphatic heterocycles. The molecule has 0 aliphatic carbocycles. The van der Waals surface area contributed by atoms with Crippen molar-refractivity contribution < 1.29 is 18.1 Å². The fourth-order valence-corrected chi connectivity index (χ4v) is 1.69. The van der Waals surface area contributed by atoms with E-state index >= 15 is 0 Å². The number of hydrogen-bond donors (Lipinski definition) is 0. The Hall–Kier alpha value is -0.310. The Kier molecular flexibility index (Phi) is 2.49. The van der Waals surface area contributed by atoms with Gasteiger partial charge in [-0.3, -0.25) is 9.05 Å². The van der Waals surface area contributed by atoms with Crippen molar-refractivity contribution in [2.75, 3.05) is 13.2 Å². The van der Waals surface area contributed by atoms with Crippen LogP contribution in [0.25, 0.3) is 0 Å². The first kappa shape index (κ1) is 7.79. The molecule has 1 saturated heterocycles. The Labute approximate surface area is 59.4 Å². The molecule has 0 amide bonds. The molecule has 4 nitrogen and oxygen atoms in total. The van der Waals surface area contributed by atoms with Gasteiger partial charge in [-0.1, -0.05) is 6.58 Å². The van der Waals surface area contributed by atoms with Crippen LogP contribution >= 0.6 is 7.82 Å². The number of phosphoric ester groups is 1. The molecule has 0 unspecified atom stereocenters. The van der Waals surface area contributed by atoms with Crippen LogP contribution in [0.2, 0.25) is 0 Å². The molecule has 1 aliphatic rings. The van der Waals surface area contributed by atoms with Crippen LogP contribution in [0.5, 0.6) is 0 Å². The quantitative estimate of drug-likeness (QED) is 0.460. The first-order valence-corrected chi connectivity index (χ1v) is 4.41. The standard InChI is InChI=1S/C5H9O4P/c1-2-7-10(6)8-4-3-5-9-10/h2H,1,3-5H2. The normalized spacial score (nSPS) is 23.6. The molecule has 58 valence electrons. The summed E-state index contributed by atoms with van der Waals surface area (Å²) in [5.74, 6) is 0. The lowest BCUT2D eigenvalue weighted by Gasteiger charge is -2.19. The first-order valence-electron chi connectivity index (χ1n) is 2.95. The molecule has 0 spiro atoms. The largest absolute Gasteiger partial charge is 0.529 e. The van der Waals surface area contributed by atoms with E-state index in [0.717, 1.165) is 12.7 Å². The molecule has 0 radical (unpaired) electrons. The van der Waals surface area contributed by atoms with Crippen molar-refractivity contribution >= 4 is 7.82 Å². The molecule has 0 saturated carbocycles. The Morgan fingerprint density at radius 1 is 1.50 bits per heavy atom. The van der Waals surface area contributed by atoms with Gasteiger partial charge in [-0.15, -0.1) is 0 Å². The van der Waals surface area contributed by atoms with Gasteiger partial charge in [0.05, 0.1) is 19.5 Å². The number of hydrogen-bond acceptors (Lipinski definition) is 4. The van der Waals surface area contributed by atoms with Gasteiger partial charge in [-0.2, -0.15) is 0 Å². The smallest absolute Gasteiger partial charge is 0.413 e. The Morgan fingerprint density at radius 3 is 2.60 bits per heavy atom. The molecular formula is C5H9O4P. The Morgan fingerprint density at radius 2 is 2.10 bits per heavy atom. The molecule has 0 bridgehead atoms. The topological polar surface area (TPSA) is 44.8 Å². The summed E-state index contributed by atoms with van der Waals surface area (Å²) in [4.78, 5) is 0. The molecule has 0 aromatic carbocycles. The van der Waals surface area contributed by atoms with Crippen molar-refractivity contribution in [1.29, 1.82) is 0 Å². The molecule has 5 heteroatoms. The predicted molar refractivity (Wildman–Crippen MR) is 35.4 cm³/mol. The zero-order chi connectivity index (χ0) is 7.45. The maximum Gasteiger partial charge on any atom is 0.529 e. The third-order valence-electron chi connectivity index (χ3n) is 0.991. The van der Waals surface area contributed by atoms with E-state index in [0.29, 0.717) is 13.2 Å². The minimum atomic E-state index is -3.23. The van der Waals surface area contributed by atoms with Crippen LogP contribution in [0, 0.1) is 0 Å². The predicted octanol–water partition coefficient (Wildman–Crippen LogP) is 1.69. The van der Waals surface area contributed by atoms with Crippen molar-refractivity contribution in [2.24, 2.45) is 0 Å². The lowest BCUT2D eigenvalue weighted by molar-refractivity contribution is 0.0968. The summed E-state index contributed by atoms with van der Waals surface area (Å²) in [6, 6.07) is 0. The molecule has 10 heavy (non-hydrogen) atoms. The third-order valence-corrected chi connectivity index (χ3v) is 2.40. The maximum absolute atomic E-state index is 11.1. The fourth-order valence-electron chi connectivity index (χ4n) is 0.601. The average molecular weight is 164 g/mol. The second-order valence-corrected chi connectivity index (χ2v) is 3.36. The van der Waals surface area contributed by atoms with Crippen molar-refractivity contribution in [1.82, 2.24) is 0 Å². The zero-order valence-electron chi connectivity index (χ0n) is 5.49. The zero-order valence-corrected chi connectivity index (χ0v) is 6.38. The second kappa shape index (κ2) is 3.19. The molecular weight excluding hydrogens is 155 g/mol. The van der Waals surface area contributed by atoms with Gasteiger partial charge < -0.3 is 4.52 Å². The highest BCUT2D eigenvalue weighted by atomic mass is 31.2. The highest BCUT2D eigenvalue weighted by Gasteiger charge is 2.29. The van der Waals surface area contributed by atoms with E-state index in [2.05, 4.69) is 11.1 Å². The van der Waals surface area contributed by atoms with E-state index < -0.39 is 7.82 Å². The van der Waals surface area contributed by atoms with E-state index in [1.165, 1.54) is 0 Å². The van der Waals surface area contributed by atoms with Gasteiger partial charge in [-0.25, -0.2) is 4.57 Å². The van der Waals surface area contributed by atoms with Crippen LogP contribution in [0.4, 0.5) is 0 Å². The van der Waals surface area contributed by atoms with Crippen molar-refractivity contribution in [2.45, 2.75) is 6.42 Å². The SMILES string of the molecule is C=COP1(=O)OCCCO1. The van der Waals surface area contributed by atoms with E-state index in [1.807, 2.05) is 0 Å². The van der Waals surface area contributed by atoms with Crippen LogP contribution in [0.1, 0.15) is 6.42 Å². The third kappa shape index (κ3) is 1.84. The van der Waals surface area contributed by atoms with Crippen molar-refractivity contribution in [3.8, 4) is 0 Å². The van der Waals surface area contributed by atoms with Crippen LogP contribution in [-0.4, -0.2) is 13.2 Å². The summed E-state index contributed by atoms with van der Waals surface area (Å²) in [6.45, 7) is 4.09. The van der Waals surface area contributed by atoms with E-state index in [-0.39, 0.29) is 0 Å². The molecule has 1 heterocycles. The van der Waals surface area contributed by atoms with E-state index in [9.17, 15) is 4.57 Å². The lowest BCUT2D eigenvalue weighted by atomic mass is 10.5. The average Bonchev–Trinajstić information content (AvgIpc) is 1.89. The highest BCUT2D eigenvalue weighted by Crippen LogP contribution is 2.51. The van der Waals surface area contributed by atoms with Gasteiger partial charge in [0.25, 0.3) is 0 Å². The highest BCUT2D eigenvalue weighted by molar-refractivity contribution is 7.48. The molecule has 1 fully saturated rings.